The van der Waals surface area contributed by atoms with Gasteiger partial charge in [-0.3, -0.25) is 4.79 Å². The highest BCUT2D eigenvalue weighted by molar-refractivity contribution is 5.94. The van der Waals surface area contributed by atoms with Crippen LogP contribution < -0.4 is 11.5 Å². The molecule has 1 aromatic carbocycles. The van der Waals surface area contributed by atoms with Gasteiger partial charge in [-0.25, -0.2) is 0 Å². The molecular weight excluding hydrogens is 188 g/mol. The number of primary amides is 1. The first-order valence-corrected chi connectivity index (χ1v) is 5.19. The predicted molar refractivity (Wildman–Crippen MR) is 63.7 cm³/mol. The predicted octanol–water partition coefficient (Wildman–Crippen LogP) is 1.84. The topological polar surface area (TPSA) is 69.1 Å². The SMILES string of the molecule is CCCCN.Cc1ccccc1C(N)=O. The van der Waals surface area contributed by atoms with Gasteiger partial charge in [0.2, 0.25) is 5.91 Å². The van der Waals surface area contributed by atoms with Gasteiger partial charge in [0.05, 0.1) is 0 Å². The molecule has 3 nitrogen and oxygen atoms in total. The van der Waals surface area contributed by atoms with Gasteiger partial charge < -0.3 is 11.5 Å². The first kappa shape index (κ1) is 13.7. The minimum absolute atomic E-state index is 0.363. The van der Waals surface area contributed by atoms with Gasteiger partial charge in [0.15, 0.2) is 0 Å². The first-order chi connectivity index (χ1) is 7.13. The number of hydrogen-bond acceptors (Lipinski definition) is 2. The van der Waals surface area contributed by atoms with Crippen LogP contribution in [-0.2, 0) is 0 Å². The number of carbonyl (C=O) groups is 1. The average molecular weight is 208 g/mol. The van der Waals surface area contributed by atoms with Crippen molar-refractivity contribution in [2.45, 2.75) is 26.7 Å². The van der Waals surface area contributed by atoms with E-state index < -0.39 is 0 Å². The summed E-state index contributed by atoms with van der Waals surface area (Å²) in [5, 5.41) is 0. The van der Waals surface area contributed by atoms with Crippen LogP contribution in [0.2, 0.25) is 0 Å². The van der Waals surface area contributed by atoms with Crippen LogP contribution in [0.5, 0.6) is 0 Å². The number of benzene rings is 1. The molecule has 0 aromatic heterocycles. The van der Waals surface area contributed by atoms with E-state index >= 15 is 0 Å². The smallest absolute Gasteiger partial charge is 0.248 e. The monoisotopic (exact) mass is 208 g/mol. The third-order valence-electron chi connectivity index (χ3n) is 1.97. The van der Waals surface area contributed by atoms with E-state index in [-0.39, 0.29) is 5.91 Å². The Labute approximate surface area is 91.5 Å². The Hall–Kier alpha value is -1.35. The Morgan fingerprint density at radius 1 is 1.33 bits per heavy atom. The summed E-state index contributed by atoms with van der Waals surface area (Å²) in [6.07, 6.45) is 2.39. The second kappa shape index (κ2) is 8.00. The molecule has 0 aliphatic heterocycles. The van der Waals surface area contributed by atoms with Gasteiger partial charge in [-0.05, 0) is 31.5 Å². The van der Waals surface area contributed by atoms with Crippen LogP contribution in [0, 0.1) is 6.92 Å². The molecule has 1 aromatic rings. The summed E-state index contributed by atoms with van der Waals surface area (Å²) >= 11 is 0. The third-order valence-corrected chi connectivity index (χ3v) is 1.97. The Balaban J connectivity index is 0.000000336. The van der Waals surface area contributed by atoms with Crippen molar-refractivity contribution in [1.29, 1.82) is 0 Å². The molecular formula is C12H20N2O. The molecule has 0 heterocycles. The summed E-state index contributed by atoms with van der Waals surface area (Å²) in [6, 6.07) is 7.26. The van der Waals surface area contributed by atoms with Gasteiger partial charge in [-0.1, -0.05) is 31.5 Å². The molecule has 3 heteroatoms. The van der Waals surface area contributed by atoms with Crippen molar-refractivity contribution >= 4 is 5.91 Å². The highest BCUT2D eigenvalue weighted by Gasteiger charge is 2.00. The summed E-state index contributed by atoms with van der Waals surface area (Å²) in [6.45, 7) is 4.84. The van der Waals surface area contributed by atoms with E-state index in [0.29, 0.717) is 5.56 Å². The molecule has 0 aliphatic rings. The van der Waals surface area contributed by atoms with E-state index in [1.807, 2.05) is 19.1 Å². The Morgan fingerprint density at radius 2 is 1.93 bits per heavy atom. The molecule has 0 atom stereocenters. The highest BCUT2D eigenvalue weighted by Crippen LogP contribution is 2.04. The minimum atomic E-state index is -0.363. The average Bonchev–Trinajstić information content (AvgIpc) is 2.20. The lowest BCUT2D eigenvalue weighted by molar-refractivity contribution is 0.0999. The van der Waals surface area contributed by atoms with E-state index in [9.17, 15) is 4.79 Å². The number of aryl methyl sites for hydroxylation is 1. The summed E-state index contributed by atoms with van der Waals surface area (Å²) < 4.78 is 0. The van der Waals surface area contributed by atoms with Gasteiger partial charge >= 0.3 is 0 Å². The van der Waals surface area contributed by atoms with Crippen molar-refractivity contribution in [3.8, 4) is 0 Å². The summed E-state index contributed by atoms with van der Waals surface area (Å²) in [5.74, 6) is -0.363. The maximum absolute atomic E-state index is 10.6. The Bertz CT molecular complexity index is 295. The van der Waals surface area contributed by atoms with Crippen molar-refractivity contribution in [3.05, 3.63) is 35.4 Å². The van der Waals surface area contributed by atoms with E-state index in [2.05, 4.69) is 6.92 Å². The van der Waals surface area contributed by atoms with Gasteiger partial charge in [0.1, 0.15) is 0 Å². The number of unbranched alkanes of at least 4 members (excludes halogenated alkanes) is 1. The van der Waals surface area contributed by atoms with Gasteiger partial charge in [0, 0.05) is 5.56 Å². The zero-order valence-corrected chi connectivity index (χ0v) is 9.49. The minimum Gasteiger partial charge on any atom is -0.366 e. The maximum atomic E-state index is 10.6. The lowest BCUT2D eigenvalue weighted by Gasteiger charge is -1.97. The zero-order chi connectivity index (χ0) is 11.7. The van der Waals surface area contributed by atoms with E-state index in [1.54, 1.807) is 12.1 Å². The lowest BCUT2D eigenvalue weighted by atomic mass is 10.1. The second-order valence-corrected chi connectivity index (χ2v) is 3.32. The number of amides is 1. The molecule has 0 unspecified atom stereocenters. The molecule has 15 heavy (non-hydrogen) atoms. The molecule has 4 N–H and O–H groups in total. The fourth-order valence-electron chi connectivity index (χ4n) is 1.05. The van der Waals surface area contributed by atoms with Gasteiger partial charge in [0.25, 0.3) is 0 Å². The molecule has 84 valence electrons. The Kier molecular flexibility index (Phi) is 7.28. The third kappa shape index (κ3) is 5.86. The summed E-state index contributed by atoms with van der Waals surface area (Å²) in [4.78, 5) is 10.6. The van der Waals surface area contributed by atoms with E-state index in [1.165, 1.54) is 12.8 Å². The van der Waals surface area contributed by atoms with Crippen LogP contribution in [-0.4, -0.2) is 12.5 Å². The number of hydrogen-bond donors (Lipinski definition) is 2. The largest absolute Gasteiger partial charge is 0.366 e. The molecule has 0 aliphatic carbocycles. The molecule has 1 amide bonds. The molecule has 0 fully saturated rings. The highest BCUT2D eigenvalue weighted by atomic mass is 16.1. The van der Waals surface area contributed by atoms with E-state index in [4.69, 9.17) is 11.5 Å². The van der Waals surface area contributed by atoms with Crippen LogP contribution in [0.1, 0.15) is 35.7 Å². The summed E-state index contributed by atoms with van der Waals surface area (Å²) in [5.41, 5.74) is 11.7. The molecule has 0 spiro atoms. The lowest BCUT2D eigenvalue weighted by Crippen LogP contribution is -2.12. The van der Waals surface area contributed by atoms with Gasteiger partial charge in [-0.15, -0.1) is 0 Å². The van der Waals surface area contributed by atoms with Crippen LogP contribution >= 0.6 is 0 Å². The van der Waals surface area contributed by atoms with Crippen molar-refractivity contribution < 1.29 is 4.79 Å². The van der Waals surface area contributed by atoms with Gasteiger partial charge in [-0.2, -0.15) is 0 Å². The fourth-order valence-corrected chi connectivity index (χ4v) is 1.05. The van der Waals surface area contributed by atoms with Crippen molar-refractivity contribution in [2.75, 3.05) is 6.54 Å². The molecule has 0 saturated heterocycles. The van der Waals surface area contributed by atoms with Crippen molar-refractivity contribution in [1.82, 2.24) is 0 Å². The fraction of sp³-hybridized carbons (Fsp3) is 0.417. The maximum Gasteiger partial charge on any atom is 0.248 e. The summed E-state index contributed by atoms with van der Waals surface area (Å²) in [7, 11) is 0. The molecule has 0 bridgehead atoms. The van der Waals surface area contributed by atoms with Crippen LogP contribution in [0.25, 0.3) is 0 Å². The number of carbonyl (C=O) groups excluding carboxylic acids is 1. The van der Waals surface area contributed by atoms with Crippen LogP contribution in [0.4, 0.5) is 0 Å². The molecule has 0 saturated carbocycles. The Morgan fingerprint density at radius 3 is 2.20 bits per heavy atom. The van der Waals surface area contributed by atoms with Crippen molar-refractivity contribution in [3.63, 3.8) is 0 Å². The number of nitrogens with two attached hydrogens (primary N) is 2. The molecule has 0 radical (unpaired) electrons. The standard InChI is InChI=1S/C8H9NO.C4H11N/c1-6-4-2-3-5-7(6)8(9)10;1-2-3-4-5/h2-5H,1H3,(H2,9,10);2-5H2,1H3. The quantitative estimate of drug-likeness (QED) is 0.795. The first-order valence-electron chi connectivity index (χ1n) is 5.19. The number of rotatable bonds is 3. The second-order valence-electron chi connectivity index (χ2n) is 3.32. The van der Waals surface area contributed by atoms with Crippen molar-refractivity contribution in [2.24, 2.45) is 11.5 Å². The molecule has 1 rings (SSSR count). The van der Waals surface area contributed by atoms with Crippen LogP contribution in [0.3, 0.4) is 0 Å². The van der Waals surface area contributed by atoms with E-state index in [0.717, 1.165) is 12.1 Å². The zero-order valence-electron chi connectivity index (χ0n) is 9.49. The van der Waals surface area contributed by atoms with Crippen LogP contribution in [0.15, 0.2) is 24.3 Å². The normalized spacial score (nSPS) is 9.00.